The van der Waals surface area contributed by atoms with Gasteiger partial charge in [0.05, 0.1) is 0 Å². The Labute approximate surface area is 170 Å². The summed E-state index contributed by atoms with van der Waals surface area (Å²) in [5.41, 5.74) is 12.9. The van der Waals surface area contributed by atoms with Crippen LogP contribution in [0.25, 0.3) is 22.3 Å². The summed E-state index contributed by atoms with van der Waals surface area (Å²) < 4.78 is 0. The molecular weight excluding hydrogens is 381 g/mol. The van der Waals surface area contributed by atoms with E-state index in [1.165, 1.54) is 58.2 Å². The largest absolute Gasteiger partial charge is 0.133 e. The Morgan fingerprint density at radius 2 is 1.15 bits per heavy atom. The second kappa shape index (κ2) is 8.53. The molecule has 0 fully saturated rings. The molecule has 0 heterocycles. The predicted octanol–water partition coefficient (Wildman–Crippen LogP) is 6.63. The molecule has 1 aliphatic carbocycles. The van der Waals surface area contributed by atoms with E-state index >= 15 is 0 Å². The van der Waals surface area contributed by atoms with Crippen LogP contribution >= 0.6 is 27.7 Å². The molecule has 3 aromatic rings. The van der Waals surface area contributed by atoms with Crippen molar-refractivity contribution in [1.29, 1.82) is 0 Å². The molecule has 3 aromatic carbocycles. The molecule has 1 aliphatic rings. The molecule has 3 heteroatoms. The highest BCUT2D eigenvalue weighted by Crippen LogP contribution is 2.36. The molecule has 3 unspecified atom stereocenters. The SMILES string of the molecule is PCc1ccc(-c2ccc(-c3ccc(CP)c4c3CCC4)cc2)cc1CP. The lowest BCUT2D eigenvalue weighted by molar-refractivity contribution is 0.909. The Morgan fingerprint density at radius 1 is 0.556 bits per heavy atom. The molecule has 0 bridgehead atoms. The molecule has 0 aliphatic heterocycles. The van der Waals surface area contributed by atoms with Crippen LogP contribution in [0.1, 0.15) is 34.2 Å². The van der Waals surface area contributed by atoms with Gasteiger partial charge in [0.15, 0.2) is 0 Å². The van der Waals surface area contributed by atoms with E-state index in [1.54, 1.807) is 11.1 Å². The van der Waals surface area contributed by atoms with Gasteiger partial charge < -0.3 is 0 Å². The van der Waals surface area contributed by atoms with Gasteiger partial charge in [-0.05, 0) is 87.8 Å². The number of rotatable bonds is 5. The van der Waals surface area contributed by atoms with Crippen LogP contribution in [0.4, 0.5) is 0 Å². The molecule has 4 rings (SSSR count). The van der Waals surface area contributed by atoms with Crippen LogP contribution in [-0.2, 0) is 31.3 Å². The molecule has 0 spiro atoms. The molecule has 0 radical (unpaired) electrons. The van der Waals surface area contributed by atoms with Crippen molar-refractivity contribution < 1.29 is 0 Å². The summed E-state index contributed by atoms with van der Waals surface area (Å²) in [6, 6.07) is 20.7. The minimum atomic E-state index is 1.00. The number of hydrogen-bond donors (Lipinski definition) is 0. The van der Waals surface area contributed by atoms with Crippen LogP contribution in [0.5, 0.6) is 0 Å². The molecule has 3 atom stereocenters. The van der Waals surface area contributed by atoms with Gasteiger partial charge in [0.1, 0.15) is 0 Å². The number of fused-ring (bicyclic) bond motifs is 1. The summed E-state index contributed by atoms with van der Waals surface area (Å²) in [5, 5.41) is 0. The summed E-state index contributed by atoms with van der Waals surface area (Å²) >= 11 is 0. The zero-order valence-corrected chi connectivity index (χ0v) is 19.1. The third-order valence-electron chi connectivity index (χ3n) is 5.78. The standard InChI is InChI=1S/C24H27P3/c25-13-19-9-8-18(12-21(19)15-27)16-4-6-17(7-5-16)23-11-10-20(14-26)22-2-1-3-24(22)23/h4-12H,1-3,13-15,25-27H2. The van der Waals surface area contributed by atoms with Crippen LogP contribution in [0.3, 0.4) is 0 Å². The third-order valence-corrected chi connectivity index (χ3v) is 7.10. The number of benzene rings is 3. The van der Waals surface area contributed by atoms with E-state index in [-0.39, 0.29) is 0 Å². The fourth-order valence-electron chi connectivity index (χ4n) is 4.28. The maximum absolute atomic E-state index is 2.88. The topological polar surface area (TPSA) is 0 Å². The minimum absolute atomic E-state index is 1.00. The summed E-state index contributed by atoms with van der Waals surface area (Å²) in [6.07, 6.45) is 6.84. The van der Waals surface area contributed by atoms with Crippen LogP contribution in [-0.4, -0.2) is 0 Å². The molecule has 0 saturated carbocycles. The van der Waals surface area contributed by atoms with Gasteiger partial charge >= 0.3 is 0 Å². The van der Waals surface area contributed by atoms with Crippen molar-refractivity contribution in [3.05, 3.63) is 82.4 Å². The van der Waals surface area contributed by atoms with E-state index in [4.69, 9.17) is 0 Å². The number of hydrogen-bond acceptors (Lipinski definition) is 0. The van der Waals surface area contributed by atoms with Crippen LogP contribution in [0, 0.1) is 0 Å². The van der Waals surface area contributed by atoms with Crippen molar-refractivity contribution in [3.63, 3.8) is 0 Å². The maximum Gasteiger partial charge on any atom is -0.0125 e. The lowest BCUT2D eigenvalue weighted by atomic mass is 9.92. The molecule has 0 nitrogen and oxygen atoms in total. The van der Waals surface area contributed by atoms with Gasteiger partial charge in [0, 0.05) is 0 Å². The first kappa shape index (κ1) is 19.3. The van der Waals surface area contributed by atoms with Crippen molar-refractivity contribution in [1.82, 2.24) is 0 Å². The first-order valence-corrected chi connectivity index (χ1v) is 12.2. The second-order valence-electron chi connectivity index (χ2n) is 7.26. The highest BCUT2D eigenvalue weighted by atomic mass is 31.0. The van der Waals surface area contributed by atoms with E-state index in [1.807, 2.05) is 0 Å². The quantitative estimate of drug-likeness (QED) is 0.416. The van der Waals surface area contributed by atoms with E-state index < -0.39 is 0 Å². The Kier molecular flexibility index (Phi) is 6.09. The summed E-state index contributed by atoms with van der Waals surface area (Å²) in [5.74, 6) is 0. The molecule has 27 heavy (non-hydrogen) atoms. The first-order valence-electron chi connectivity index (χ1n) is 9.71. The van der Waals surface area contributed by atoms with Crippen molar-refractivity contribution >= 4 is 27.7 Å². The third kappa shape index (κ3) is 3.78. The molecule has 0 amide bonds. The van der Waals surface area contributed by atoms with E-state index in [2.05, 4.69) is 82.3 Å². The van der Waals surface area contributed by atoms with Crippen LogP contribution < -0.4 is 0 Å². The van der Waals surface area contributed by atoms with Crippen molar-refractivity contribution in [2.45, 2.75) is 37.7 Å². The van der Waals surface area contributed by atoms with Gasteiger partial charge in [-0.1, -0.05) is 54.6 Å². The lowest BCUT2D eigenvalue weighted by Crippen LogP contribution is -1.94. The zero-order chi connectivity index (χ0) is 18.8. The maximum atomic E-state index is 2.88. The van der Waals surface area contributed by atoms with Gasteiger partial charge in [-0.25, -0.2) is 0 Å². The summed E-state index contributed by atoms with van der Waals surface area (Å²) in [6.45, 7) is 0. The normalized spacial score (nSPS) is 13.0. The zero-order valence-electron chi connectivity index (χ0n) is 15.7. The fraction of sp³-hybridized carbons (Fsp3) is 0.250. The molecule has 0 aromatic heterocycles. The van der Waals surface area contributed by atoms with E-state index in [0.717, 1.165) is 18.5 Å². The fourth-order valence-corrected chi connectivity index (χ4v) is 5.44. The van der Waals surface area contributed by atoms with Gasteiger partial charge in [0.2, 0.25) is 0 Å². The summed E-state index contributed by atoms with van der Waals surface area (Å²) in [7, 11) is 8.57. The smallest absolute Gasteiger partial charge is 0.0125 e. The van der Waals surface area contributed by atoms with E-state index in [0.29, 0.717) is 0 Å². The van der Waals surface area contributed by atoms with Gasteiger partial charge in [-0.3, -0.25) is 0 Å². The summed E-state index contributed by atoms with van der Waals surface area (Å²) in [4.78, 5) is 0. The lowest BCUT2D eigenvalue weighted by Gasteiger charge is -2.14. The predicted molar refractivity (Wildman–Crippen MR) is 130 cm³/mol. The highest BCUT2D eigenvalue weighted by molar-refractivity contribution is 7.16. The van der Waals surface area contributed by atoms with Crippen molar-refractivity contribution in [2.75, 3.05) is 0 Å². The minimum Gasteiger partial charge on any atom is -0.133 e. The Hall–Kier alpha value is -1.05. The van der Waals surface area contributed by atoms with Crippen molar-refractivity contribution in [2.24, 2.45) is 0 Å². The Bertz CT molecular complexity index is 958. The Morgan fingerprint density at radius 3 is 1.85 bits per heavy atom. The van der Waals surface area contributed by atoms with Crippen LogP contribution in [0.15, 0.2) is 54.6 Å². The van der Waals surface area contributed by atoms with Gasteiger partial charge in [-0.15, -0.1) is 27.7 Å². The van der Waals surface area contributed by atoms with Gasteiger partial charge in [0.25, 0.3) is 0 Å². The molecular formula is C24H27P3. The first-order chi connectivity index (χ1) is 13.2. The van der Waals surface area contributed by atoms with Crippen LogP contribution in [0.2, 0.25) is 0 Å². The monoisotopic (exact) mass is 408 g/mol. The average Bonchev–Trinajstić information content (AvgIpc) is 3.22. The van der Waals surface area contributed by atoms with E-state index in [9.17, 15) is 0 Å². The molecule has 0 N–H and O–H groups in total. The molecule has 0 saturated heterocycles. The average molecular weight is 408 g/mol. The van der Waals surface area contributed by atoms with Gasteiger partial charge in [-0.2, -0.15) is 0 Å². The highest BCUT2D eigenvalue weighted by Gasteiger charge is 2.18. The molecule has 138 valence electrons. The van der Waals surface area contributed by atoms with Crippen molar-refractivity contribution in [3.8, 4) is 22.3 Å². The second-order valence-corrected chi connectivity index (χ2v) is 8.48. The Balaban J connectivity index is 1.69.